The Hall–Kier alpha value is -1.63. The Morgan fingerprint density at radius 3 is 2.00 bits per heavy atom. The first-order valence-corrected chi connectivity index (χ1v) is 11.9. The Labute approximate surface area is 187 Å². The number of esters is 3. The summed E-state index contributed by atoms with van der Waals surface area (Å²) in [6.07, 6.45) is 8.17. The lowest BCUT2D eigenvalue weighted by Crippen LogP contribution is -2.55. The molecule has 1 atom stereocenters. The number of carbonyl (C=O) groups excluding carboxylic acids is 3. The number of rotatable bonds is 12. The van der Waals surface area contributed by atoms with Crippen LogP contribution in [0.2, 0.25) is 0 Å². The maximum Gasteiger partial charge on any atom is 0.325 e. The summed E-state index contributed by atoms with van der Waals surface area (Å²) in [7, 11) is 0. The molecule has 1 aliphatic rings. The molecule has 0 saturated heterocycles. The van der Waals surface area contributed by atoms with Gasteiger partial charge in [0.2, 0.25) is 0 Å². The normalized spacial score (nSPS) is 16.5. The summed E-state index contributed by atoms with van der Waals surface area (Å²) in [5, 5.41) is 0. The minimum absolute atomic E-state index is 0.0155. The van der Waals surface area contributed by atoms with E-state index in [0.29, 0.717) is 12.3 Å². The average molecular weight is 442 g/mol. The van der Waals surface area contributed by atoms with Gasteiger partial charge in [0, 0.05) is 12.5 Å². The first-order chi connectivity index (χ1) is 14.6. The van der Waals surface area contributed by atoms with E-state index < -0.39 is 35.0 Å². The van der Waals surface area contributed by atoms with Gasteiger partial charge >= 0.3 is 17.9 Å². The van der Waals surface area contributed by atoms with Gasteiger partial charge in [-0.05, 0) is 53.4 Å². The van der Waals surface area contributed by atoms with Crippen LogP contribution in [0.5, 0.6) is 0 Å². The predicted molar refractivity (Wildman–Crippen MR) is 119 cm³/mol. The highest BCUT2D eigenvalue weighted by molar-refractivity contribution is 6.01. The largest absolute Gasteiger partial charge is 0.465 e. The van der Waals surface area contributed by atoms with Gasteiger partial charge in [-0.15, -0.1) is 0 Å². The molecule has 0 aromatic rings. The van der Waals surface area contributed by atoms with Gasteiger partial charge in [0.25, 0.3) is 0 Å². The van der Waals surface area contributed by atoms with E-state index in [4.69, 9.17) is 19.9 Å². The molecule has 1 rings (SSSR count). The third-order valence-electron chi connectivity index (χ3n) is 5.90. The zero-order chi connectivity index (χ0) is 23.5. The molecule has 1 aliphatic carbocycles. The van der Waals surface area contributed by atoms with Crippen molar-refractivity contribution in [3.63, 3.8) is 0 Å². The summed E-state index contributed by atoms with van der Waals surface area (Å²) in [6, 6.07) is -0.899. The summed E-state index contributed by atoms with van der Waals surface area (Å²) < 4.78 is 15.9. The first kappa shape index (κ1) is 27.4. The SMILES string of the molecule is CCOC(=O)C(CCCC1CCCCC1)(C(=O)OCC)C(N)CCC(=O)OC(C)(C)C. The molecule has 1 unspecified atom stereocenters. The van der Waals surface area contributed by atoms with Crippen LogP contribution in [0.1, 0.15) is 98.8 Å². The lowest BCUT2D eigenvalue weighted by Gasteiger charge is -2.35. The Morgan fingerprint density at radius 1 is 0.968 bits per heavy atom. The van der Waals surface area contributed by atoms with Gasteiger partial charge in [-0.1, -0.05) is 44.9 Å². The predicted octanol–water partition coefficient (Wildman–Crippen LogP) is 4.30. The molecule has 0 aromatic carbocycles. The van der Waals surface area contributed by atoms with E-state index >= 15 is 0 Å². The zero-order valence-electron chi connectivity index (χ0n) is 20.2. The Balaban J connectivity index is 2.98. The molecule has 0 radical (unpaired) electrons. The molecule has 0 aromatic heterocycles. The fourth-order valence-corrected chi connectivity index (χ4v) is 4.35. The van der Waals surface area contributed by atoms with E-state index in [2.05, 4.69) is 0 Å². The molecule has 0 aliphatic heterocycles. The molecular formula is C24H43NO6. The second-order valence-corrected chi connectivity index (χ2v) is 9.54. The van der Waals surface area contributed by atoms with Crippen LogP contribution in [-0.2, 0) is 28.6 Å². The number of hydrogen-bond acceptors (Lipinski definition) is 7. The van der Waals surface area contributed by atoms with E-state index in [9.17, 15) is 14.4 Å². The van der Waals surface area contributed by atoms with Crippen molar-refractivity contribution in [3.8, 4) is 0 Å². The molecule has 1 saturated carbocycles. The Kier molecular flexibility index (Phi) is 11.5. The second-order valence-electron chi connectivity index (χ2n) is 9.54. The number of carbonyl (C=O) groups is 3. The minimum atomic E-state index is -1.61. The monoisotopic (exact) mass is 441 g/mol. The molecule has 2 N–H and O–H groups in total. The molecule has 0 spiro atoms. The second kappa shape index (κ2) is 13.0. The van der Waals surface area contributed by atoms with Crippen LogP contribution < -0.4 is 5.73 Å². The third kappa shape index (κ3) is 8.79. The van der Waals surface area contributed by atoms with Crippen LogP contribution in [0, 0.1) is 11.3 Å². The van der Waals surface area contributed by atoms with Gasteiger partial charge in [0.15, 0.2) is 5.41 Å². The Bertz CT molecular complexity index is 559. The van der Waals surface area contributed by atoms with E-state index in [1.54, 1.807) is 34.6 Å². The van der Waals surface area contributed by atoms with Crippen molar-refractivity contribution in [1.82, 2.24) is 0 Å². The van der Waals surface area contributed by atoms with Crippen LogP contribution in [0.3, 0.4) is 0 Å². The van der Waals surface area contributed by atoms with E-state index in [0.717, 1.165) is 6.42 Å². The molecule has 0 heterocycles. The van der Waals surface area contributed by atoms with Crippen molar-refractivity contribution < 1.29 is 28.6 Å². The first-order valence-electron chi connectivity index (χ1n) is 11.9. The van der Waals surface area contributed by atoms with Crippen LogP contribution in [0.4, 0.5) is 0 Å². The van der Waals surface area contributed by atoms with Crippen molar-refractivity contribution in [1.29, 1.82) is 0 Å². The van der Waals surface area contributed by atoms with E-state index in [1.807, 2.05) is 0 Å². The number of ether oxygens (including phenoxy) is 3. The van der Waals surface area contributed by atoms with Crippen molar-refractivity contribution in [2.24, 2.45) is 17.1 Å². The molecule has 0 amide bonds. The van der Waals surface area contributed by atoms with Crippen molar-refractivity contribution >= 4 is 17.9 Å². The van der Waals surface area contributed by atoms with Gasteiger partial charge in [-0.25, -0.2) is 0 Å². The van der Waals surface area contributed by atoms with Gasteiger partial charge in [-0.3, -0.25) is 14.4 Å². The molecule has 1 fully saturated rings. The summed E-state index contributed by atoms with van der Waals surface area (Å²) in [5.74, 6) is -1.11. The topological polar surface area (TPSA) is 105 Å². The van der Waals surface area contributed by atoms with Crippen molar-refractivity contribution in [3.05, 3.63) is 0 Å². The lowest BCUT2D eigenvalue weighted by molar-refractivity contribution is -0.175. The van der Waals surface area contributed by atoms with Crippen LogP contribution >= 0.6 is 0 Å². The molecule has 7 heteroatoms. The smallest absolute Gasteiger partial charge is 0.325 e. The molecule has 180 valence electrons. The number of nitrogens with two attached hydrogens (primary N) is 1. The van der Waals surface area contributed by atoms with Crippen LogP contribution in [0.15, 0.2) is 0 Å². The summed E-state index contributed by atoms with van der Waals surface area (Å²) in [6.45, 7) is 9.04. The van der Waals surface area contributed by atoms with Gasteiger partial charge in [0.05, 0.1) is 13.2 Å². The highest BCUT2D eigenvalue weighted by Crippen LogP contribution is 2.36. The fraction of sp³-hybridized carbons (Fsp3) is 0.875. The third-order valence-corrected chi connectivity index (χ3v) is 5.90. The van der Waals surface area contributed by atoms with E-state index in [1.165, 1.54) is 32.1 Å². The molecule has 0 bridgehead atoms. The Morgan fingerprint density at radius 2 is 1.52 bits per heavy atom. The fourth-order valence-electron chi connectivity index (χ4n) is 4.35. The lowest BCUT2D eigenvalue weighted by atomic mass is 9.73. The standard InChI is InChI=1S/C24H43NO6/c1-6-29-21(27)24(22(28)30-7-2,17-11-14-18-12-9-8-10-13-18)19(25)15-16-20(26)31-23(3,4)5/h18-19H,6-17,25H2,1-5H3. The molecule has 31 heavy (non-hydrogen) atoms. The molecule has 7 nitrogen and oxygen atoms in total. The maximum absolute atomic E-state index is 13.1. The zero-order valence-corrected chi connectivity index (χ0v) is 20.2. The summed E-state index contributed by atoms with van der Waals surface area (Å²) in [4.78, 5) is 38.3. The summed E-state index contributed by atoms with van der Waals surface area (Å²) >= 11 is 0. The maximum atomic E-state index is 13.1. The van der Waals surface area contributed by atoms with Gasteiger partial charge in [-0.2, -0.15) is 0 Å². The van der Waals surface area contributed by atoms with Gasteiger partial charge < -0.3 is 19.9 Å². The van der Waals surface area contributed by atoms with Gasteiger partial charge in [0.1, 0.15) is 5.60 Å². The quantitative estimate of drug-likeness (QED) is 0.273. The van der Waals surface area contributed by atoms with Crippen molar-refractivity contribution in [2.75, 3.05) is 13.2 Å². The van der Waals surface area contributed by atoms with Crippen molar-refractivity contribution in [2.45, 2.75) is 110 Å². The molecular weight excluding hydrogens is 398 g/mol. The van der Waals surface area contributed by atoms with Crippen LogP contribution in [-0.4, -0.2) is 42.8 Å². The highest BCUT2D eigenvalue weighted by atomic mass is 16.6. The average Bonchev–Trinajstić information content (AvgIpc) is 2.69. The number of hydrogen-bond donors (Lipinski definition) is 1. The highest BCUT2D eigenvalue weighted by Gasteiger charge is 2.53. The minimum Gasteiger partial charge on any atom is -0.465 e. The van der Waals surface area contributed by atoms with Crippen LogP contribution in [0.25, 0.3) is 0 Å². The summed E-state index contributed by atoms with van der Waals surface area (Å²) in [5.41, 5.74) is 4.22. The van der Waals surface area contributed by atoms with E-state index in [-0.39, 0.29) is 32.5 Å².